The number of rotatable bonds is 3. The van der Waals surface area contributed by atoms with Gasteiger partial charge in [0.1, 0.15) is 0 Å². The zero-order valence-corrected chi connectivity index (χ0v) is 12.7. The summed E-state index contributed by atoms with van der Waals surface area (Å²) in [5, 5.41) is 0. The molecule has 0 radical (unpaired) electrons. The van der Waals surface area contributed by atoms with Crippen molar-refractivity contribution in [2.24, 2.45) is 0 Å². The lowest BCUT2D eigenvalue weighted by Crippen LogP contribution is -2.51. The molecule has 0 aromatic heterocycles. The van der Waals surface area contributed by atoms with E-state index in [0.29, 0.717) is 11.7 Å². The van der Waals surface area contributed by atoms with Gasteiger partial charge in [-0.2, -0.15) is 0 Å². The van der Waals surface area contributed by atoms with Crippen LogP contribution in [0.3, 0.4) is 0 Å². The first-order chi connectivity index (χ1) is 9.52. The molecule has 1 amide bonds. The molecular weight excluding hydrogens is 250 g/mol. The summed E-state index contributed by atoms with van der Waals surface area (Å²) in [5.41, 5.74) is 8.18. The third kappa shape index (κ3) is 3.12. The van der Waals surface area contributed by atoms with Gasteiger partial charge >= 0.3 is 0 Å². The molecule has 0 spiro atoms. The van der Waals surface area contributed by atoms with Crippen molar-refractivity contribution < 1.29 is 4.79 Å². The summed E-state index contributed by atoms with van der Waals surface area (Å²) in [6.45, 7) is 9.94. The zero-order chi connectivity index (χ0) is 14.7. The monoisotopic (exact) mass is 275 g/mol. The molecule has 4 nitrogen and oxygen atoms in total. The summed E-state index contributed by atoms with van der Waals surface area (Å²) in [7, 11) is 0. The molecular formula is C16H25N3O. The first-order valence-corrected chi connectivity index (χ1v) is 7.42. The largest absolute Gasteiger partial charge is 0.399 e. The Hall–Kier alpha value is -1.55. The summed E-state index contributed by atoms with van der Waals surface area (Å²) in [5.74, 6) is 0.110. The highest BCUT2D eigenvalue weighted by atomic mass is 16.2. The van der Waals surface area contributed by atoms with E-state index < -0.39 is 0 Å². The normalized spacial score (nSPS) is 18.1. The number of aryl methyl sites for hydroxylation is 1. The second-order valence-corrected chi connectivity index (χ2v) is 5.66. The van der Waals surface area contributed by atoms with Gasteiger partial charge in [-0.15, -0.1) is 0 Å². The molecule has 0 saturated carbocycles. The van der Waals surface area contributed by atoms with Gasteiger partial charge in [-0.1, -0.05) is 13.0 Å². The van der Waals surface area contributed by atoms with Crippen LogP contribution < -0.4 is 5.73 Å². The lowest BCUT2D eigenvalue weighted by Gasteiger charge is -2.38. The molecule has 20 heavy (non-hydrogen) atoms. The van der Waals surface area contributed by atoms with Gasteiger partial charge in [0, 0.05) is 43.5 Å². The fourth-order valence-corrected chi connectivity index (χ4v) is 2.66. The summed E-state index contributed by atoms with van der Waals surface area (Å²) in [6.07, 6.45) is 1.16. The Morgan fingerprint density at radius 2 is 1.95 bits per heavy atom. The fraction of sp³-hybridized carbons (Fsp3) is 0.562. The Kier molecular flexibility index (Phi) is 4.65. The minimum atomic E-state index is 0.110. The number of nitrogens with zero attached hydrogens (tertiary/aromatic N) is 2. The molecule has 1 atom stereocenters. The van der Waals surface area contributed by atoms with Crippen LogP contribution in [0.15, 0.2) is 18.2 Å². The predicted molar refractivity (Wildman–Crippen MR) is 82.8 cm³/mol. The van der Waals surface area contributed by atoms with Crippen LogP contribution in [-0.2, 0) is 0 Å². The molecule has 1 heterocycles. The molecule has 1 aromatic rings. The van der Waals surface area contributed by atoms with E-state index in [0.717, 1.165) is 43.7 Å². The molecule has 1 aliphatic heterocycles. The van der Waals surface area contributed by atoms with E-state index in [1.807, 2.05) is 24.0 Å². The Morgan fingerprint density at radius 3 is 2.55 bits per heavy atom. The topological polar surface area (TPSA) is 49.6 Å². The maximum Gasteiger partial charge on any atom is 0.254 e. The van der Waals surface area contributed by atoms with E-state index in [1.54, 1.807) is 6.07 Å². The molecule has 2 rings (SSSR count). The quantitative estimate of drug-likeness (QED) is 0.860. The van der Waals surface area contributed by atoms with E-state index in [9.17, 15) is 4.79 Å². The average molecular weight is 275 g/mol. The van der Waals surface area contributed by atoms with Crippen LogP contribution in [0.5, 0.6) is 0 Å². The van der Waals surface area contributed by atoms with Crippen LogP contribution in [0.1, 0.15) is 36.2 Å². The molecule has 0 bridgehead atoms. The van der Waals surface area contributed by atoms with Gasteiger partial charge < -0.3 is 10.6 Å². The van der Waals surface area contributed by atoms with E-state index in [1.165, 1.54) is 0 Å². The lowest BCUT2D eigenvalue weighted by molar-refractivity contribution is 0.0579. The molecule has 1 unspecified atom stereocenters. The summed E-state index contributed by atoms with van der Waals surface area (Å²) < 4.78 is 0. The van der Waals surface area contributed by atoms with Gasteiger partial charge in [0.2, 0.25) is 0 Å². The molecule has 1 aliphatic rings. The standard InChI is InChI=1S/C16H25N3O/c1-4-13(3)18-7-9-19(10-8-18)16(20)15-11-14(17)6-5-12(15)2/h5-6,11,13H,4,7-10,17H2,1-3H3. The second kappa shape index (κ2) is 6.27. The van der Waals surface area contributed by atoms with E-state index in [-0.39, 0.29) is 5.91 Å². The number of hydrogen-bond donors (Lipinski definition) is 1. The predicted octanol–water partition coefficient (Wildman–Crippen LogP) is 2.13. The third-order valence-corrected chi connectivity index (χ3v) is 4.31. The van der Waals surface area contributed by atoms with Crippen molar-refractivity contribution in [1.82, 2.24) is 9.80 Å². The number of benzene rings is 1. The van der Waals surface area contributed by atoms with Gasteiger partial charge in [0.15, 0.2) is 0 Å². The average Bonchev–Trinajstić information content (AvgIpc) is 2.48. The van der Waals surface area contributed by atoms with E-state index >= 15 is 0 Å². The van der Waals surface area contributed by atoms with Crippen LogP contribution >= 0.6 is 0 Å². The highest BCUT2D eigenvalue weighted by Gasteiger charge is 2.24. The van der Waals surface area contributed by atoms with Gasteiger partial charge in [-0.25, -0.2) is 0 Å². The minimum Gasteiger partial charge on any atom is -0.399 e. The third-order valence-electron chi connectivity index (χ3n) is 4.31. The first kappa shape index (κ1) is 14.9. The fourth-order valence-electron chi connectivity index (χ4n) is 2.66. The maximum atomic E-state index is 12.6. The number of piperazine rings is 1. The van der Waals surface area contributed by atoms with Crippen molar-refractivity contribution in [3.05, 3.63) is 29.3 Å². The van der Waals surface area contributed by atoms with Crippen LogP contribution in [0, 0.1) is 6.92 Å². The Balaban J connectivity index is 2.03. The van der Waals surface area contributed by atoms with Gasteiger partial charge in [0.25, 0.3) is 5.91 Å². The van der Waals surface area contributed by atoms with Crippen molar-refractivity contribution in [3.8, 4) is 0 Å². The number of nitrogens with two attached hydrogens (primary N) is 1. The molecule has 1 fully saturated rings. The molecule has 4 heteroatoms. The van der Waals surface area contributed by atoms with Gasteiger partial charge in [-0.3, -0.25) is 9.69 Å². The minimum absolute atomic E-state index is 0.110. The van der Waals surface area contributed by atoms with Gasteiger partial charge in [-0.05, 0) is 38.0 Å². The van der Waals surface area contributed by atoms with Crippen molar-refractivity contribution in [3.63, 3.8) is 0 Å². The molecule has 1 aromatic carbocycles. The number of hydrogen-bond acceptors (Lipinski definition) is 3. The zero-order valence-electron chi connectivity index (χ0n) is 12.7. The highest BCUT2D eigenvalue weighted by molar-refractivity contribution is 5.96. The molecule has 0 aliphatic carbocycles. The lowest BCUT2D eigenvalue weighted by atomic mass is 10.1. The van der Waals surface area contributed by atoms with Crippen molar-refractivity contribution in [1.29, 1.82) is 0 Å². The Bertz CT molecular complexity index is 479. The number of nitrogen functional groups attached to an aromatic ring is 1. The SMILES string of the molecule is CCC(C)N1CCN(C(=O)c2cc(N)ccc2C)CC1. The van der Waals surface area contributed by atoms with Crippen LogP contribution in [-0.4, -0.2) is 47.9 Å². The number of anilines is 1. The highest BCUT2D eigenvalue weighted by Crippen LogP contribution is 2.17. The molecule has 2 N–H and O–H groups in total. The van der Waals surface area contributed by atoms with E-state index in [2.05, 4.69) is 18.7 Å². The van der Waals surface area contributed by atoms with Crippen LogP contribution in [0.25, 0.3) is 0 Å². The van der Waals surface area contributed by atoms with Crippen molar-refractivity contribution in [2.45, 2.75) is 33.2 Å². The van der Waals surface area contributed by atoms with Crippen molar-refractivity contribution in [2.75, 3.05) is 31.9 Å². The smallest absolute Gasteiger partial charge is 0.254 e. The van der Waals surface area contributed by atoms with Crippen LogP contribution in [0.4, 0.5) is 5.69 Å². The number of carbonyl (C=O) groups excluding carboxylic acids is 1. The summed E-state index contributed by atoms with van der Waals surface area (Å²) in [4.78, 5) is 17.0. The van der Waals surface area contributed by atoms with Gasteiger partial charge in [0.05, 0.1) is 0 Å². The summed E-state index contributed by atoms with van der Waals surface area (Å²) >= 11 is 0. The van der Waals surface area contributed by atoms with Crippen LogP contribution in [0.2, 0.25) is 0 Å². The second-order valence-electron chi connectivity index (χ2n) is 5.66. The van der Waals surface area contributed by atoms with Crippen molar-refractivity contribution >= 4 is 11.6 Å². The number of carbonyl (C=O) groups is 1. The molecule has 1 saturated heterocycles. The molecule has 110 valence electrons. The van der Waals surface area contributed by atoms with E-state index in [4.69, 9.17) is 5.73 Å². The number of amides is 1. The first-order valence-electron chi connectivity index (χ1n) is 7.42. The Labute approximate surface area is 121 Å². The maximum absolute atomic E-state index is 12.6. The Morgan fingerprint density at radius 1 is 1.30 bits per heavy atom. The summed E-state index contributed by atoms with van der Waals surface area (Å²) in [6, 6.07) is 6.14.